The first kappa shape index (κ1) is 14.3. The van der Waals surface area contributed by atoms with Crippen molar-refractivity contribution in [2.24, 2.45) is 0 Å². The number of rotatable bonds is 4. The monoisotopic (exact) mass is 294 g/mol. The minimum Gasteiger partial charge on any atom is -0.481 e. The summed E-state index contributed by atoms with van der Waals surface area (Å²) in [5.74, 6) is 1.83. The zero-order chi connectivity index (χ0) is 15.5. The van der Waals surface area contributed by atoms with E-state index in [9.17, 15) is 0 Å². The van der Waals surface area contributed by atoms with Crippen molar-refractivity contribution in [2.75, 3.05) is 0 Å². The maximum atomic E-state index is 5.83. The molecule has 4 nitrogen and oxygen atoms in total. The van der Waals surface area contributed by atoms with Gasteiger partial charge in [0.05, 0.1) is 0 Å². The Morgan fingerprint density at radius 1 is 0.909 bits per heavy atom. The Balaban J connectivity index is 1.75. The van der Waals surface area contributed by atoms with E-state index in [1.807, 2.05) is 69.3 Å². The van der Waals surface area contributed by atoms with E-state index in [2.05, 4.69) is 10.1 Å². The number of aryl methyl sites for hydroxylation is 2. The molecule has 1 heterocycles. The molecule has 0 unspecified atom stereocenters. The molecule has 0 fully saturated rings. The van der Waals surface area contributed by atoms with Gasteiger partial charge in [0.2, 0.25) is 5.82 Å². The maximum absolute atomic E-state index is 5.83. The largest absolute Gasteiger partial charge is 0.481 e. The highest BCUT2D eigenvalue weighted by atomic mass is 16.5. The second kappa shape index (κ2) is 6.02. The summed E-state index contributed by atoms with van der Waals surface area (Å²) >= 11 is 0. The summed E-state index contributed by atoms with van der Waals surface area (Å²) in [6.45, 7) is 5.98. The Morgan fingerprint density at radius 2 is 1.50 bits per heavy atom. The number of hydrogen-bond acceptors (Lipinski definition) is 4. The Bertz CT molecular complexity index is 746. The molecule has 1 aromatic heterocycles. The Kier molecular flexibility index (Phi) is 3.92. The molecular weight excluding hydrogens is 276 g/mol. The second-order valence-electron chi connectivity index (χ2n) is 5.40. The van der Waals surface area contributed by atoms with Crippen molar-refractivity contribution in [2.45, 2.75) is 26.9 Å². The van der Waals surface area contributed by atoms with Gasteiger partial charge in [0.25, 0.3) is 5.89 Å². The summed E-state index contributed by atoms with van der Waals surface area (Å²) in [5.41, 5.74) is 3.33. The van der Waals surface area contributed by atoms with E-state index in [0.717, 1.165) is 11.3 Å². The smallest absolute Gasteiger partial charge is 0.267 e. The van der Waals surface area contributed by atoms with E-state index in [1.165, 1.54) is 11.1 Å². The highest BCUT2D eigenvalue weighted by molar-refractivity contribution is 5.54. The van der Waals surface area contributed by atoms with E-state index in [-0.39, 0.29) is 6.10 Å². The molecule has 2 aromatic carbocycles. The normalized spacial score (nSPS) is 12.1. The van der Waals surface area contributed by atoms with E-state index in [0.29, 0.717) is 11.7 Å². The van der Waals surface area contributed by atoms with Crippen LogP contribution in [0.2, 0.25) is 0 Å². The zero-order valence-electron chi connectivity index (χ0n) is 12.9. The van der Waals surface area contributed by atoms with Gasteiger partial charge >= 0.3 is 0 Å². The van der Waals surface area contributed by atoms with Crippen molar-refractivity contribution in [3.05, 3.63) is 65.5 Å². The predicted molar refractivity (Wildman–Crippen MR) is 84.7 cm³/mol. The van der Waals surface area contributed by atoms with Crippen molar-refractivity contribution in [3.63, 3.8) is 0 Å². The molecule has 0 spiro atoms. The summed E-state index contributed by atoms with van der Waals surface area (Å²) in [6.07, 6.45) is -0.297. The van der Waals surface area contributed by atoms with Gasteiger partial charge in [0.1, 0.15) is 5.75 Å². The van der Waals surface area contributed by atoms with Crippen LogP contribution in [0.1, 0.15) is 30.0 Å². The minimum absolute atomic E-state index is 0.297. The van der Waals surface area contributed by atoms with E-state index >= 15 is 0 Å². The number of nitrogens with zero attached hydrogens (tertiary/aromatic N) is 2. The molecule has 4 heteroatoms. The van der Waals surface area contributed by atoms with E-state index in [1.54, 1.807) is 0 Å². The molecule has 0 saturated carbocycles. The molecular formula is C18H18N2O2. The summed E-state index contributed by atoms with van der Waals surface area (Å²) < 4.78 is 11.1. The second-order valence-corrected chi connectivity index (χ2v) is 5.40. The predicted octanol–water partition coefficient (Wildman–Crippen LogP) is 4.49. The molecule has 3 aromatic rings. The molecule has 1 atom stereocenters. The summed E-state index contributed by atoms with van der Waals surface area (Å²) in [7, 11) is 0. The minimum atomic E-state index is -0.297. The Labute approximate surface area is 129 Å². The summed E-state index contributed by atoms with van der Waals surface area (Å²) in [5, 5.41) is 4.03. The number of benzene rings is 2. The summed E-state index contributed by atoms with van der Waals surface area (Å²) in [4.78, 5) is 4.42. The molecule has 0 radical (unpaired) electrons. The van der Waals surface area contributed by atoms with Crippen molar-refractivity contribution >= 4 is 0 Å². The molecule has 112 valence electrons. The lowest BCUT2D eigenvalue weighted by Gasteiger charge is -2.10. The van der Waals surface area contributed by atoms with Crippen LogP contribution in [0.3, 0.4) is 0 Å². The van der Waals surface area contributed by atoms with Crippen LogP contribution in [0.5, 0.6) is 5.75 Å². The van der Waals surface area contributed by atoms with E-state index in [4.69, 9.17) is 9.26 Å². The number of hydrogen-bond donors (Lipinski definition) is 0. The van der Waals surface area contributed by atoms with Crippen LogP contribution in [0.4, 0.5) is 0 Å². The fourth-order valence-corrected chi connectivity index (χ4v) is 2.09. The SMILES string of the molecule is Cc1ccc(O[C@@H](C)c2nc(-c3ccc(C)cc3)no2)cc1. The third-order valence-corrected chi connectivity index (χ3v) is 3.43. The highest BCUT2D eigenvalue weighted by Crippen LogP contribution is 2.23. The molecule has 3 rings (SSSR count). The molecule has 0 aliphatic heterocycles. The molecule has 0 bridgehead atoms. The summed E-state index contributed by atoms with van der Waals surface area (Å²) in [6, 6.07) is 15.9. The Hall–Kier alpha value is -2.62. The third-order valence-electron chi connectivity index (χ3n) is 3.43. The van der Waals surface area contributed by atoms with Gasteiger partial charge in [-0.25, -0.2) is 0 Å². The van der Waals surface area contributed by atoms with E-state index < -0.39 is 0 Å². The van der Waals surface area contributed by atoms with Crippen molar-refractivity contribution in [1.29, 1.82) is 0 Å². The van der Waals surface area contributed by atoms with Gasteiger partial charge in [-0.2, -0.15) is 4.98 Å². The van der Waals surface area contributed by atoms with Gasteiger partial charge in [0, 0.05) is 5.56 Å². The standard InChI is InChI=1S/C18H18N2O2/c1-12-4-8-15(9-5-12)17-19-18(22-20-17)14(3)21-16-10-6-13(2)7-11-16/h4-11,14H,1-3H3/t14-/m0/s1. The number of ether oxygens (including phenoxy) is 1. The van der Waals surface area contributed by atoms with Gasteiger partial charge in [-0.3, -0.25) is 0 Å². The molecule has 0 N–H and O–H groups in total. The molecule has 0 aliphatic rings. The van der Waals surface area contributed by atoms with Crippen LogP contribution in [0, 0.1) is 13.8 Å². The molecule has 0 aliphatic carbocycles. The van der Waals surface area contributed by atoms with Crippen LogP contribution in [-0.2, 0) is 0 Å². The van der Waals surface area contributed by atoms with Crippen molar-refractivity contribution < 1.29 is 9.26 Å². The van der Waals surface area contributed by atoms with Gasteiger partial charge in [-0.15, -0.1) is 0 Å². The van der Waals surface area contributed by atoms with Gasteiger partial charge in [-0.05, 0) is 32.9 Å². The lowest BCUT2D eigenvalue weighted by Crippen LogP contribution is -2.03. The van der Waals surface area contributed by atoms with Gasteiger partial charge < -0.3 is 9.26 Å². The topological polar surface area (TPSA) is 48.2 Å². The highest BCUT2D eigenvalue weighted by Gasteiger charge is 2.16. The average Bonchev–Trinajstić information content (AvgIpc) is 3.00. The fraction of sp³-hybridized carbons (Fsp3) is 0.222. The van der Waals surface area contributed by atoms with Crippen molar-refractivity contribution in [1.82, 2.24) is 10.1 Å². The first-order valence-corrected chi connectivity index (χ1v) is 7.26. The maximum Gasteiger partial charge on any atom is 0.267 e. The molecule has 22 heavy (non-hydrogen) atoms. The van der Waals surface area contributed by atoms with Crippen LogP contribution in [0.15, 0.2) is 53.1 Å². The fourth-order valence-electron chi connectivity index (χ4n) is 2.09. The average molecular weight is 294 g/mol. The first-order chi connectivity index (χ1) is 10.6. The van der Waals surface area contributed by atoms with Crippen LogP contribution in [0.25, 0.3) is 11.4 Å². The molecule has 0 saturated heterocycles. The third kappa shape index (κ3) is 3.17. The van der Waals surface area contributed by atoms with Crippen LogP contribution >= 0.6 is 0 Å². The lowest BCUT2D eigenvalue weighted by atomic mass is 10.1. The number of aromatic nitrogens is 2. The quantitative estimate of drug-likeness (QED) is 0.711. The lowest BCUT2D eigenvalue weighted by molar-refractivity contribution is 0.176. The van der Waals surface area contributed by atoms with Gasteiger partial charge in [0.15, 0.2) is 6.10 Å². The Morgan fingerprint density at radius 3 is 2.14 bits per heavy atom. The zero-order valence-corrected chi connectivity index (χ0v) is 12.9. The molecule has 0 amide bonds. The van der Waals surface area contributed by atoms with Crippen LogP contribution < -0.4 is 4.74 Å². The van der Waals surface area contributed by atoms with Gasteiger partial charge in [-0.1, -0.05) is 52.7 Å². The van der Waals surface area contributed by atoms with Crippen LogP contribution in [-0.4, -0.2) is 10.1 Å². The first-order valence-electron chi connectivity index (χ1n) is 7.26. The van der Waals surface area contributed by atoms with Crippen molar-refractivity contribution in [3.8, 4) is 17.1 Å².